The Kier molecular flexibility index (Phi) is 6.36. The number of thioether (sulfide) groups is 1. The van der Waals surface area contributed by atoms with Crippen LogP contribution in [0.2, 0.25) is 10.0 Å². The number of likely N-dealkylation sites (tertiary alicyclic amines) is 1. The Bertz CT molecular complexity index is 1230. The van der Waals surface area contributed by atoms with Crippen molar-refractivity contribution in [3.8, 4) is 0 Å². The molecule has 2 amide bonds. The van der Waals surface area contributed by atoms with Gasteiger partial charge in [0.1, 0.15) is 11.6 Å². The van der Waals surface area contributed by atoms with Crippen LogP contribution in [0.25, 0.3) is 0 Å². The van der Waals surface area contributed by atoms with Crippen LogP contribution in [0.3, 0.4) is 0 Å². The molecule has 0 aromatic heterocycles. The first-order chi connectivity index (χ1) is 16.7. The minimum absolute atomic E-state index is 0.0355. The van der Waals surface area contributed by atoms with Crippen molar-refractivity contribution < 1.29 is 9.59 Å². The van der Waals surface area contributed by atoms with Gasteiger partial charge in [-0.1, -0.05) is 47.5 Å². The van der Waals surface area contributed by atoms with Gasteiger partial charge in [-0.05, 0) is 66.9 Å². The van der Waals surface area contributed by atoms with Crippen molar-refractivity contribution in [3.05, 3.63) is 80.8 Å². The maximum absolute atomic E-state index is 13.5. The number of halogens is 2. The lowest BCUT2D eigenvalue weighted by atomic mass is 9.82. The third kappa shape index (κ3) is 4.24. The topological polar surface area (TPSA) is 56.2 Å². The van der Waals surface area contributed by atoms with Gasteiger partial charge >= 0.3 is 0 Å². The lowest BCUT2D eigenvalue weighted by Gasteiger charge is -2.34. The van der Waals surface area contributed by atoms with Crippen molar-refractivity contribution in [2.75, 3.05) is 20.6 Å². The Labute approximate surface area is 219 Å². The van der Waals surface area contributed by atoms with Crippen LogP contribution in [0.4, 0.5) is 0 Å². The molecule has 35 heavy (non-hydrogen) atoms. The van der Waals surface area contributed by atoms with Gasteiger partial charge in [0.25, 0.3) is 5.91 Å². The molecule has 0 unspecified atom stereocenters. The lowest BCUT2D eigenvalue weighted by Crippen LogP contribution is -2.45. The van der Waals surface area contributed by atoms with Gasteiger partial charge in [-0.3, -0.25) is 9.59 Å². The number of amidine groups is 1. The number of hydrogen-bond acceptors (Lipinski definition) is 5. The summed E-state index contributed by atoms with van der Waals surface area (Å²) in [5.74, 6) is -0.153. The first kappa shape index (κ1) is 24.2. The smallest absolute Gasteiger partial charge is 0.262 e. The highest BCUT2D eigenvalue weighted by Gasteiger charge is 2.50. The van der Waals surface area contributed by atoms with E-state index in [1.165, 1.54) is 11.8 Å². The van der Waals surface area contributed by atoms with E-state index in [1.807, 2.05) is 54.7 Å². The zero-order valence-electron chi connectivity index (χ0n) is 19.7. The first-order valence-corrected chi connectivity index (χ1v) is 13.1. The second-order valence-electron chi connectivity index (χ2n) is 9.39. The van der Waals surface area contributed by atoms with Crippen molar-refractivity contribution in [2.24, 2.45) is 4.99 Å². The van der Waals surface area contributed by atoms with Gasteiger partial charge in [-0.2, -0.15) is 0 Å². The van der Waals surface area contributed by atoms with Gasteiger partial charge in [0.15, 0.2) is 5.17 Å². The van der Waals surface area contributed by atoms with E-state index in [9.17, 15) is 9.59 Å². The Morgan fingerprint density at radius 1 is 1.06 bits per heavy atom. The SMILES string of the molecule is CN(C)C(=O)[C@@H]1CCCN1C(=O)C1=CN2C(=N[C@@](C)(c3ccc(Cl)cc3)[C@H]2c2ccc(Cl)cc2)S1. The number of fused-ring (bicyclic) bond motifs is 1. The number of nitrogens with zero attached hydrogens (tertiary/aromatic N) is 4. The molecule has 2 aromatic carbocycles. The van der Waals surface area contributed by atoms with E-state index in [2.05, 4.69) is 11.8 Å². The van der Waals surface area contributed by atoms with Crippen LogP contribution in [0.5, 0.6) is 0 Å². The van der Waals surface area contributed by atoms with Gasteiger partial charge in [-0.25, -0.2) is 4.99 Å². The molecule has 1 saturated heterocycles. The highest BCUT2D eigenvalue weighted by Crippen LogP contribution is 2.53. The number of likely N-dealkylation sites (N-methyl/N-ethyl adjacent to an activating group) is 1. The van der Waals surface area contributed by atoms with Gasteiger partial charge in [0, 0.05) is 36.9 Å². The fourth-order valence-corrected chi connectivity index (χ4v) is 6.42. The van der Waals surface area contributed by atoms with Crippen LogP contribution in [0.1, 0.15) is 36.9 Å². The van der Waals surface area contributed by atoms with Crippen LogP contribution in [0.15, 0.2) is 64.6 Å². The van der Waals surface area contributed by atoms with Crippen LogP contribution < -0.4 is 0 Å². The zero-order valence-corrected chi connectivity index (χ0v) is 22.1. The molecular formula is C26H26Cl2N4O2S. The largest absolute Gasteiger partial charge is 0.347 e. The molecule has 0 spiro atoms. The number of benzene rings is 2. The Balaban J connectivity index is 1.50. The standard InChI is InChI=1S/C26H26Cl2N4O2S/c1-26(17-8-12-19(28)13-9-17)22(16-6-10-18(27)11-7-16)32-15-21(35-25(32)29-26)24(34)31-14-4-5-20(31)23(33)30(2)3/h6-13,15,20,22H,4-5,14H2,1-3H3/t20-,22+,26-/m0/s1. The Morgan fingerprint density at radius 3 is 2.31 bits per heavy atom. The second kappa shape index (κ2) is 9.19. The van der Waals surface area contributed by atoms with E-state index >= 15 is 0 Å². The average Bonchev–Trinajstić information content (AvgIpc) is 3.53. The number of rotatable bonds is 4. The van der Waals surface area contributed by atoms with Crippen molar-refractivity contribution in [1.29, 1.82) is 0 Å². The predicted molar refractivity (Wildman–Crippen MR) is 141 cm³/mol. The summed E-state index contributed by atoms with van der Waals surface area (Å²) in [5.41, 5.74) is 1.47. The quantitative estimate of drug-likeness (QED) is 0.540. The summed E-state index contributed by atoms with van der Waals surface area (Å²) in [5, 5.41) is 2.09. The van der Waals surface area contributed by atoms with Crippen LogP contribution >= 0.6 is 35.0 Å². The summed E-state index contributed by atoms with van der Waals surface area (Å²) in [6.07, 6.45) is 3.40. The second-order valence-corrected chi connectivity index (χ2v) is 11.3. The molecule has 6 nitrogen and oxygen atoms in total. The van der Waals surface area contributed by atoms with Crippen LogP contribution in [0, 0.1) is 0 Å². The number of aliphatic imine (C=N–C) groups is 1. The Morgan fingerprint density at radius 2 is 1.69 bits per heavy atom. The molecular weight excluding hydrogens is 503 g/mol. The summed E-state index contributed by atoms with van der Waals surface area (Å²) in [4.78, 5) is 37.2. The van der Waals surface area contributed by atoms with Crippen molar-refractivity contribution >= 4 is 51.9 Å². The molecule has 3 aliphatic rings. The maximum Gasteiger partial charge on any atom is 0.262 e. The molecule has 0 saturated carbocycles. The number of hydrogen-bond donors (Lipinski definition) is 0. The highest BCUT2D eigenvalue weighted by atomic mass is 35.5. The minimum Gasteiger partial charge on any atom is -0.347 e. The third-order valence-electron chi connectivity index (χ3n) is 6.88. The third-order valence-corrected chi connectivity index (χ3v) is 8.37. The predicted octanol–water partition coefficient (Wildman–Crippen LogP) is 5.29. The summed E-state index contributed by atoms with van der Waals surface area (Å²) in [6.45, 7) is 2.68. The summed E-state index contributed by atoms with van der Waals surface area (Å²) in [7, 11) is 3.46. The number of carbonyl (C=O) groups is 2. The fraction of sp³-hybridized carbons (Fsp3) is 0.346. The van der Waals surface area contributed by atoms with Gasteiger partial charge < -0.3 is 14.7 Å². The minimum atomic E-state index is -0.594. The van der Waals surface area contributed by atoms with E-state index in [0.717, 1.165) is 22.7 Å². The van der Waals surface area contributed by atoms with E-state index in [0.29, 0.717) is 27.9 Å². The van der Waals surface area contributed by atoms with Gasteiger partial charge in [-0.15, -0.1) is 0 Å². The van der Waals surface area contributed by atoms with Crippen molar-refractivity contribution in [1.82, 2.24) is 14.7 Å². The monoisotopic (exact) mass is 528 g/mol. The summed E-state index contributed by atoms with van der Waals surface area (Å²) < 4.78 is 0. The average molecular weight is 529 g/mol. The molecule has 1 fully saturated rings. The van der Waals surface area contributed by atoms with Gasteiger partial charge in [0.2, 0.25) is 5.91 Å². The molecule has 0 aliphatic carbocycles. The van der Waals surface area contributed by atoms with Crippen LogP contribution in [-0.4, -0.2) is 58.4 Å². The lowest BCUT2D eigenvalue weighted by molar-refractivity contribution is -0.140. The van der Waals surface area contributed by atoms with Gasteiger partial charge in [0.05, 0.1) is 10.9 Å². The molecule has 2 aromatic rings. The fourth-order valence-electron chi connectivity index (χ4n) is 5.10. The van der Waals surface area contributed by atoms with E-state index < -0.39 is 11.6 Å². The molecule has 9 heteroatoms. The molecule has 3 aliphatic heterocycles. The highest BCUT2D eigenvalue weighted by molar-refractivity contribution is 8.18. The molecule has 3 heterocycles. The normalized spacial score (nSPS) is 25.4. The van der Waals surface area contributed by atoms with E-state index in [-0.39, 0.29) is 17.9 Å². The maximum atomic E-state index is 13.5. The zero-order chi connectivity index (χ0) is 24.9. The molecule has 182 valence electrons. The molecule has 3 atom stereocenters. The van der Waals surface area contributed by atoms with Crippen LogP contribution in [-0.2, 0) is 15.1 Å². The van der Waals surface area contributed by atoms with E-state index in [1.54, 1.807) is 23.9 Å². The molecule has 0 N–H and O–H groups in total. The van der Waals surface area contributed by atoms with E-state index in [4.69, 9.17) is 28.2 Å². The summed E-state index contributed by atoms with van der Waals surface area (Å²) >= 11 is 13.7. The molecule has 0 bridgehead atoms. The first-order valence-electron chi connectivity index (χ1n) is 11.5. The number of carbonyl (C=O) groups excluding carboxylic acids is 2. The molecule has 5 rings (SSSR count). The summed E-state index contributed by atoms with van der Waals surface area (Å²) in [6, 6.07) is 14.9. The Hall–Kier alpha value is -2.48. The molecule has 0 radical (unpaired) electrons. The number of amides is 2. The van der Waals surface area contributed by atoms with Crippen molar-refractivity contribution in [3.63, 3.8) is 0 Å². The van der Waals surface area contributed by atoms with Crippen molar-refractivity contribution in [2.45, 2.75) is 37.4 Å².